The van der Waals surface area contributed by atoms with E-state index in [1.54, 1.807) is 0 Å². The molecular formula is C68H62N10O6. The molecule has 0 aliphatic heterocycles. The zero-order chi connectivity index (χ0) is 58.2. The smallest absolute Gasteiger partial charge is 0.245 e. The van der Waals surface area contributed by atoms with E-state index in [0.29, 0.717) is 0 Å². The van der Waals surface area contributed by atoms with Gasteiger partial charge in [-0.2, -0.15) is 9.97 Å². The van der Waals surface area contributed by atoms with Crippen LogP contribution >= 0.6 is 0 Å². The van der Waals surface area contributed by atoms with Crippen LogP contribution in [0.4, 0.5) is 0 Å². The third kappa shape index (κ3) is 8.93. The molecular weight excluding hydrogens is 1050 g/mol. The van der Waals surface area contributed by atoms with Crippen LogP contribution in [0.1, 0.15) is 67.9 Å². The van der Waals surface area contributed by atoms with E-state index in [9.17, 15) is 0 Å². The van der Waals surface area contributed by atoms with Crippen LogP contribution in [0.5, 0.6) is 0 Å². The predicted molar refractivity (Wildman–Crippen MR) is 331 cm³/mol. The lowest BCUT2D eigenvalue weighted by atomic mass is 10.2. The second-order valence-corrected chi connectivity index (χ2v) is 21.2. The summed E-state index contributed by atoms with van der Waals surface area (Å²) in [7, 11) is 0. The molecule has 16 heteroatoms. The van der Waals surface area contributed by atoms with Crippen molar-refractivity contribution in [1.82, 2.24) is 46.3 Å². The number of imidazole rings is 4. The van der Waals surface area contributed by atoms with E-state index in [-0.39, 0.29) is 0 Å². The third-order valence-corrected chi connectivity index (χ3v) is 16.1. The fourth-order valence-corrected chi connectivity index (χ4v) is 10.8. The second kappa shape index (κ2) is 20.8. The Morgan fingerprint density at radius 2 is 0.714 bits per heavy atom. The topological polar surface area (TPSA) is 157 Å². The largest absolute Gasteiger partial charge is 0.459 e. The van der Waals surface area contributed by atoms with Gasteiger partial charge in [0.1, 0.15) is 79.2 Å². The van der Waals surface area contributed by atoms with E-state index >= 15 is 0 Å². The summed E-state index contributed by atoms with van der Waals surface area (Å²) in [6.45, 7) is 24.3. The Kier molecular flexibility index (Phi) is 13.1. The maximum Gasteiger partial charge on any atom is 0.245 e. The quantitative estimate of drug-likeness (QED) is 0.143. The summed E-state index contributed by atoms with van der Waals surface area (Å²) in [5, 5.41) is 2.46. The molecule has 0 amide bonds. The van der Waals surface area contributed by atoms with Crippen LogP contribution in [0.25, 0.3) is 100 Å². The lowest BCUT2D eigenvalue weighted by molar-refractivity contribution is 0.560. The predicted octanol–water partition coefficient (Wildman–Crippen LogP) is 17.4. The minimum absolute atomic E-state index is 0.728. The first-order valence-electron chi connectivity index (χ1n) is 27.8. The first kappa shape index (κ1) is 52.9. The van der Waals surface area contributed by atoms with Crippen molar-refractivity contribution in [3.05, 3.63) is 227 Å². The standard InChI is InChI=1S/2C12H11NO.4C11H10N2O/c1-8-9(2)14-12-10(8)7-13-6-4-3-5-11(12)13;1-8-9(2)14-11-7-13-6-4-3-5-10(13)12(8)11;2*1-7-8(2)14-11-10(7)13-6-4-3-5-9(13)12-11;2*1-7-8(2)14-11-10(7)12-9-5-3-4-6-13(9)11/h2*3-7H,1-2H3;4*3-6H,1-2H3. The van der Waals surface area contributed by atoms with Crippen molar-refractivity contribution < 1.29 is 26.5 Å². The maximum absolute atomic E-state index is 5.73. The summed E-state index contributed by atoms with van der Waals surface area (Å²) in [5.41, 5.74) is 22.4. The molecule has 0 radical (unpaired) electrons. The van der Waals surface area contributed by atoms with Gasteiger partial charge in [-0.05, 0) is 161 Å². The van der Waals surface area contributed by atoms with Crippen molar-refractivity contribution in [2.24, 2.45) is 0 Å². The van der Waals surface area contributed by atoms with E-state index < -0.39 is 0 Å². The van der Waals surface area contributed by atoms with Gasteiger partial charge < -0.3 is 35.3 Å². The van der Waals surface area contributed by atoms with Crippen LogP contribution in [0.15, 0.2) is 185 Å². The lowest BCUT2D eigenvalue weighted by Gasteiger charge is -1.93. The van der Waals surface area contributed by atoms with E-state index in [1.165, 1.54) is 38.5 Å². The van der Waals surface area contributed by atoms with Gasteiger partial charge in [0.15, 0.2) is 11.2 Å². The van der Waals surface area contributed by atoms with Crippen LogP contribution in [-0.4, -0.2) is 46.3 Å². The van der Waals surface area contributed by atoms with Crippen molar-refractivity contribution in [2.75, 3.05) is 0 Å². The van der Waals surface area contributed by atoms with Crippen LogP contribution < -0.4 is 0 Å². The zero-order valence-corrected chi connectivity index (χ0v) is 48.9. The summed E-state index contributed by atoms with van der Waals surface area (Å²) >= 11 is 0. The van der Waals surface area contributed by atoms with Crippen LogP contribution in [0.3, 0.4) is 0 Å². The Morgan fingerprint density at radius 1 is 0.321 bits per heavy atom. The highest BCUT2D eigenvalue weighted by Gasteiger charge is 2.18. The molecule has 0 aliphatic carbocycles. The van der Waals surface area contributed by atoms with Crippen LogP contribution in [0.2, 0.25) is 0 Å². The van der Waals surface area contributed by atoms with E-state index in [4.69, 9.17) is 26.5 Å². The SMILES string of the molecule is Cc1oc2c(cn3ccccc23)c1C.Cc1oc2c(nc3ccccn32)c1C.Cc1oc2c(nc3ccccn32)c1C.Cc1oc2cn3ccccc3c2c1C.Cc1oc2nc3ccccn3c2c1C.Cc1oc2nc3ccccn3c2c1C. The van der Waals surface area contributed by atoms with E-state index in [2.05, 4.69) is 89.6 Å². The summed E-state index contributed by atoms with van der Waals surface area (Å²) in [4.78, 5) is 17.8. The van der Waals surface area contributed by atoms with E-state index in [0.717, 1.165) is 130 Å². The molecule has 0 N–H and O–H groups in total. The van der Waals surface area contributed by atoms with Gasteiger partial charge in [0.2, 0.25) is 22.9 Å². The molecule has 0 saturated carbocycles. The average molecular weight is 1120 g/mol. The van der Waals surface area contributed by atoms with Gasteiger partial charge in [0.25, 0.3) is 0 Å². The number of aromatic nitrogens is 10. The van der Waals surface area contributed by atoms with Crippen molar-refractivity contribution in [3.8, 4) is 0 Å². The zero-order valence-electron chi connectivity index (χ0n) is 48.9. The van der Waals surface area contributed by atoms with Crippen molar-refractivity contribution >= 4 is 100 Å². The average Bonchev–Trinajstić information content (AvgIpc) is 3.80. The number of rotatable bonds is 0. The highest BCUT2D eigenvalue weighted by atomic mass is 16.4. The molecule has 18 aromatic rings. The molecule has 0 bridgehead atoms. The fraction of sp³-hybridized carbons (Fsp3) is 0.176. The highest BCUT2D eigenvalue weighted by molar-refractivity contribution is 5.98. The van der Waals surface area contributed by atoms with Gasteiger partial charge in [0.05, 0.1) is 17.2 Å². The van der Waals surface area contributed by atoms with Gasteiger partial charge in [-0.15, -0.1) is 0 Å². The van der Waals surface area contributed by atoms with E-state index in [1.807, 2.05) is 199 Å². The summed E-state index contributed by atoms with van der Waals surface area (Å²) < 4.78 is 46.0. The number of fused-ring (bicyclic) bond motifs is 18. The molecule has 18 aromatic heterocycles. The number of hydrogen-bond donors (Lipinski definition) is 0. The van der Waals surface area contributed by atoms with Gasteiger partial charge >= 0.3 is 0 Å². The lowest BCUT2D eigenvalue weighted by Crippen LogP contribution is -1.83. The molecule has 0 unspecified atom stereocenters. The van der Waals surface area contributed by atoms with Gasteiger partial charge in [-0.25, -0.2) is 9.97 Å². The number of furan rings is 6. The summed E-state index contributed by atoms with van der Waals surface area (Å²) in [5.74, 6) is 5.81. The third-order valence-electron chi connectivity index (χ3n) is 16.1. The Hall–Kier alpha value is -10.5. The molecule has 0 aromatic carbocycles. The first-order chi connectivity index (χ1) is 40.6. The number of nitrogens with zero attached hydrogens (tertiary/aromatic N) is 10. The van der Waals surface area contributed by atoms with Crippen molar-refractivity contribution in [1.29, 1.82) is 0 Å². The molecule has 84 heavy (non-hydrogen) atoms. The van der Waals surface area contributed by atoms with Crippen molar-refractivity contribution in [3.63, 3.8) is 0 Å². The molecule has 18 rings (SSSR count). The van der Waals surface area contributed by atoms with Gasteiger partial charge in [-0.1, -0.05) is 36.4 Å². The molecule has 0 fully saturated rings. The molecule has 18 heterocycles. The Balaban J connectivity index is 0.0000000940. The van der Waals surface area contributed by atoms with Crippen LogP contribution in [-0.2, 0) is 0 Å². The normalized spacial score (nSPS) is 11.6. The van der Waals surface area contributed by atoms with Gasteiger partial charge in [0, 0.05) is 82.0 Å². The van der Waals surface area contributed by atoms with Crippen LogP contribution in [0, 0.1) is 83.1 Å². The molecule has 16 nitrogen and oxygen atoms in total. The molecule has 0 saturated heterocycles. The minimum Gasteiger partial charge on any atom is -0.459 e. The maximum atomic E-state index is 5.73. The summed E-state index contributed by atoms with van der Waals surface area (Å²) in [6.07, 6.45) is 16.2. The number of aryl methyl sites for hydroxylation is 12. The second-order valence-electron chi connectivity index (χ2n) is 21.2. The highest BCUT2D eigenvalue weighted by Crippen LogP contribution is 2.32. The van der Waals surface area contributed by atoms with Crippen molar-refractivity contribution in [2.45, 2.75) is 83.1 Å². The first-order valence-corrected chi connectivity index (χ1v) is 27.8. The minimum atomic E-state index is 0.728. The Morgan fingerprint density at radius 3 is 1.21 bits per heavy atom. The Bertz CT molecular complexity index is 4900. The fourth-order valence-electron chi connectivity index (χ4n) is 10.8. The number of hydrogen-bond acceptors (Lipinski definition) is 10. The Labute approximate surface area is 481 Å². The summed E-state index contributed by atoms with van der Waals surface area (Å²) in [6, 6.07) is 36.1. The molecule has 0 atom stereocenters. The molecule has 0 spiro atoms. The number of pyridine rings is 6. The molecule has 420 valence electrons. The monoisotopic (exact) mass is 1110 g/mol. The molecule has 0 aliphatic rings. The van der Waals surface area contributed by atoms with Gasteiger partial charge in [-0.3, -0.25) is 17.6 Å².